The van der Waals surface area contributed by atoms with Crippen molar-refractivity contribution in [3.05, 3.63) is 82.4 Å². The third-order valence-electron chi connectivity index (χ3n) is 8.71. The van der Waals surface area contributed by atoms with E-state index < -0.39 is 17.9 Å². The van der Waals surface area contributed by atoms with Gasteiger partial charge in [-0.2, -0.15) is 0 Å². The maximum Gasteiger partial charge on any atom is 0.309 e. The minimum Gasteiger partial charge on any atom is -0.494 e. The van der Waals surface area contributed by atoms with E-state index in [-0.39, 0.29) is 25.2 Å². The van der Waals surface area contributed by atoms with Crippen molar-refractivity contribution in [2.24, 2.45) is 5.92 Å². The maximum absolute atomic E-state index is 13.7. The lowest BCUT2D eigenvalue weighted by atomic mass is 9.81. The number of hydrogen-bond donors (Lipinski definition) is 2. The average molecular weight is 603 g/mol. The minimum absolute atomic E-state index is 0.0466. The summed E-state index contributed by atoms with van der Waals surface area (Å²) in [6, 6.07) is 16.9. The van der Waals surface area contributed by atoms with Gasteiger partial charge >= 0.3 is 5.97 Å². The quantitative estimate of drug-likeness (QED) is 0.239. The molecule has 9 nitrogen and oxygen atoms in total. The number of hydrogen-bond acceptors (Lipinski definition) is 7. The molecule has 9 heteroatoms. The van der Waals surface area contributed by atoms with E-state index in [9.17, 15) is 14.7 Å². The van der Waals surface area contributed by atoms with Crippen LogP contribution in [0.25, 0.3) is 0 Å². The van der Waals surface area contributed by atoms with Crippen molar-refractivity contribution >= 4 is 17.6 Å². The van der Waals surface area contributed by atoms with Crippen LogP contribution in [-0.2, 0) is 27.2 Å². The Morgan fingerprint density at radius 3 is 2.39 bits per heavy atom. The molecule has 2 aliphatic rings. The molecule has 3 atom stereocenters. The Kier molecular flexibility index (Phi) is 10.1. The largest absolute Gasteiger partial charge is 0.494 e. The number of anilines is 1. The number of aryl methyl sites for hydroxylation is 2. The third-order valence-corrected chi connectivity index (χ3v) is 8.71. The zero-order valence-electron chi connectivity index (χ0n) is 25.9. The van der Waals surface area contributed by atoms with E-state index in [1.165, 1.54) is 0 Å². The number of likely N-dealkylation sites (tertiary alicyclic amines) is 1. The first-order valence-electron chi connectivity index (χ1n) is 15.3. The van der Waals surface area contributed by atoms with Crippen molar-refractivity contribution in [3.63, 3.8) is 0 Å². The molecule has 3 aromatic carbocycles. The van der Waals surface area contributed by atoms with Gasteiger partial charge in [-0.15, -0.1) is 0 Å². The molecule has 1 amide bonds. The van der Waals surface area contributed by atoms with Gasteiger partial charge < -0.3 is 29.4 Å². The number of amides is 1. The second-order valence-corrected chi connectivity index (χ2v) is 11.3. The monoisotopic (exact) mass is 602 g/mol. The molecule has 1 fully saturated rings. The van der Waals surface area contributed by atoms with Crippen LogP contribution in [0.4, 0.5) is 5.69 Å². The number of fused-ring (bicyclic) bond motifs is 1. The normalized spacial score (nSPS) is 19.2. The number of carbonyl (C=O) groups excluding carboxylic acids is 1. The van der Waals surface area contributed by atoms with E-state index in [0.717, 1.165) is 52.8 Å². The Morgan fingerprint density at radius 2 is 1.73 bits per heavy atom. The molecule has 0 bridgehead atoms. The Morgan fingerprint density at radius 1 is 1.00 bits per heavy atom. The second-order valence-electron chi connectivity index (χ2n) is 11.3. The van der Waals surface area contributed by atoms with Crippen molar-refractivity contribution in [2.75, 3.05) is 45.5 Å². The number of aliphatic carboxylic acids is 1. The number of carbonyl (C=O) groups is 2. The summed E-state index contributed by atoms with van der Waals surface area (Å²) >= 11 is 0. The van der Waals surface area contributed by atoms with Crippen LogP contribution in [0.15, 0.2) is 54.6 Å². The van der Waals surface area contributed by atoms with Gasteiger partial charge in [0.1, 0.15) is 5.75 Å². The summed E-state index contributed by atoms with van der Waals surface area (Å²) in [5, 5.41) is 13.9. The van der Waals surface area contributed by atoms with Crippen molar-refractivity contribution in [1.29, 1.82) is 0 Å². The maximum atomic E-state index is 13.7. The van der Waals surface area contributed by atoms with E-state index in [1.54, 1.807) is 7.11 Å². The van der Waals surface area contributed by atoms with Gasteiger partial charge in [-0.25, -0.2) is 0 Å². The molecule has 2 N–H and O–H groups in total. The number of para-hydroxylation sites is 1. The van der Waals surface area contributed by atoms with Crippen LogP contribution < -0.4 is 19.5 Å². The number of nitrogens with one attached hydrogen (secondary N) is 1. The standard InChI is InChI=1S/C35H42N2O7/c1-5-23-9-7-10-24(6-2)32(23)36-30(38)20-37-19-28(27-15-16-29-34(22(27)3)44-21-43-29)31(35(39)40)33(37)25-11-13-26(14-12-25)42-18-8-17-41-4/h7,9-16,28,31,33H,5-6,8,17-21H2,1-4H3,(H,36,38)(H,39,40)/t28-,31?,33+/m1/s1. The summed E-state index contributed by atoms with van der Waals surface area (Å²) < 4.78 is 22.2. The highest BCUT2D eigenvalue weighted by Gasteiger charge is 2.48. The molecule has 44 heavy (non-hydrogen) atoms. The van der Waals surface area contributed by atoms with Crippen molar-refractivity contribution in [2.45, 2.75) is 52.0 Å². The molecule has 2 aliphatic heterocycles. The number of carboxylic acid groups (broad SMARTS) is 1. The molecule has 0 aliphatic carbocycles. The van der Waals surface area contributed by atoms with Gasteiger partial charge in [-0.05, 0) is 65.8 Å². The molecule has 234 valence electrons. The molecule has 2 heterocycles. The molecule has 0 saturated carbocycles. The van der Waals surface area contributed by atoms with Crippen molar-refractivity contribution in [1.82, 2.24) is 4.90 Å². The van der Waals surface area contributed by atoms with Crippen LogP contribution in [0.3, 0.4) is 0 Å². The number of nitrogens with zero attached hydrogens (tertiary/aromatic N) is 1. The summed E-state index contributed by atoms with van der Waals surface area (Å²) in [5.41, 5.74) is 5.58. The van der Waals surface area contributed by atoms with Crippen LogP contribution in [0, 0.1) is 12.8 Å². The fourth-order valence-corrected chi connectivity index (χ4v) is 6.56. The first kappa shape index (κ1) is 31.3. The number of methoxy groups -OCH3 is 1. The predicted octanol–water partition coefficient (Wildman–Crippen LogP) is 5.74. The number of carboxylic acids is 1. The molecular formula is C35H42N2O7. The Bertz CT molecular complexity index is 1450. The molecule has 1 unspecified atom stereocenters. The van der Waals surface area contributed by atoms with Crippen LogP contribution in [0.1, 0.15) is 60.0 Å². The van der Waals surface area contributed by atoms with Crippen molar-refractivity contribution < 1.29 is 33.6 Å². The fraction of sp³-hybridized carbons (Fsp3) is 0.429. The van der Waals surface area contributed by atoms with E-state index in [1.807, 2.05) is 66.4 Å². The smallest absolute Gasteiger partial charge is 0.309 e. The lowest BCUT2D eigenvalue weighted by Gasteiger charge is -2.27. The lowest BCUT2D eigenvalue weighted by Crippen LogP contribution is -2.35. The average Bonchev–Trinajstić information content (AvgIpc) is 3.65. The molecule has 0 radical (unpaired) electrons. The van der Waals surface area contributed by atoms with Crippen molar-refractivity contribution in [3.8, 4) is 17.2 Å². The van der Waals surface area contributed by atoms with Gasteiger partial charge in [0.25, 0.3) is 0 Å². The molecular weight excluding hydrogens is 560 g/mol. The minimum atomic E-state index is -0.913. The predicted molar refractivity (Wildman–Crippen MR) is 168 cm³/mol. The highest BCUT2D eigenvalue weighted by molar-refractivity contribution is 5.94. The van der Waals surface area contributed by atoms with Crippen LogP contribution in [-0.4, -0.2) is 62.1 Å². The van der Waals surface area contributed by atoms with Gasteiger partial charge in [0, 0.05) is 44.3 Å². The SMILES string of the molecule is CCc1cccc(CC)c1NC(=O)CN1C[C@H](c2ccc3c(c2C)OCO3)C(C(=O)O)[C@@H]1c1ccc(OCCCOC)cc1. The van der Waals surface area contributed by atoms with Crippen LogP contribution >= 0.6 is 0 Å². The molecule has 5 rings (SSSR count). The van der Waals surface area contributed by atoms with Gasteiger partial charge in [-0.1, -0.05) is 50.2 Å². The first-order chi connectivity index (χ1) is 21.4. The Labute approximate surface area is 259 Å². The second kappa shape index (κ2) is 14.1. The highest BCUT2D eigenvalue weighted by Crippen LogP contribution is 2.49. The summed E-state index contributed by atoms with van der Waals surface area (Å²) in [6.07, 6.45) is 2.35. The summed E-state index contributed by atoms with van der Waals surface area (Å²) in [6.45, 7) is 7.79. The summed E-state index contributed by atoms with van der Waals surface area (Å²) in [7, 11) is 1.66. The third kappa shape index (κ3) is 6.54. The molecule has 1 saturated heterocycles. The summed E-state index contributed by atoms with van der Waals surface area (Å²) in [5.74, 6) is -0.252. The lowest BCUT2D eigenvalue weighted by molar-refractivity contribution is -0.143. The Hall–Kier alpha value is -4.08. The zero-order valence-corrected chi connectivity index (χ0v) is 25.9. The van der Waals surface area contributed by atoms with E-state index in [2.05, 4.69) is 19.2 Å². The topological polar surface area (TPSA) is 107 Å². The van der Waals surface area contributed by atoms with Gasteiger partial charge in [0.2, 0.25) is 12.7 Å². The fourth-order valence-electron chi connectivity index (χ4n) is 6.56. The molecule has 0 spiro atoms. The molecule has 3 aromatic rings. The number of benzene rings is 3. The van der Waals surface area contributed by atoms with E-state index in [4.69, 9.17) is 18.9 Å². The number of rotatable bonds is 13. The van der Waals surface area contributed by atoms with Crippen LogP contribution in [0.2, 0.25) is 0 Å². The summed E-state index contributed by atoms with van der Waals surface area (Å²) in [4.78, 5) is 28.7. The zero-order chi connectivity index (χ0) is 31.2. The first-order valence-corrected chi connectivity index (χ1v) is 15.3. The van der Waals surface area contributed by atoms with Crippen LogP contribution in [0.5, 0.6) is 17.2 Å². The highest BCUT2D eigenvalue weighted by atomic mass is 16.7. The Balaban J connectivity index is 1.47. The van der Waals surface area contributed by atoms with Gasteiger partial charge in [0.05, 0.1) is 19.1 Å². The van der Waals surface area contributed by atoms with Gasteiger partial charge in [0.15, 0.2) is 11.5 Å². The number of ether oxygens (including phenoxy) is 4. The van der Waals surface area contributed by atoms with E-state index in [0.29, 0.717) is 37.0 Å². The van der Waals surface area contributed by atoms with Gasteiger partial charge in [-0.3, -0.25) is 14.5 Å². The van der Waals surface area contributed by atoms with E-state index >= 15 is 0 Å². The molecule has 0 aromatic heterocycles.